The molecule has 4 nitrogen and oxygen atoms in total. The number of hydrogen-bond acceptors (Lipinski definition) is 3. The van der Waals surface area contributed by atoms with E-state index in [0.717, 1.165) is 24.2 Å². The van der Waals surface area contributed by atoms with Crippen molar-refractivity contribution in [1.29, 1.82) is 0 Å². The molecule has 4 heteroatoms. The third kappa shape index (κ3) is 3.03. The molecule has 0 bridgehead atoms. The van der Waals surface area contributed by atoms with Crippen molar-refractivity contribution in [3.63, 3.8) is 0 Å². The highest BCUT2D eigenvalue weighted by Gasteiger charge is 2.22. The minimum Gasteiger partial charge on any atom is -0.367 e. The second-order valence-electron chi connectivity index (χ2n) is 5.68. The minimum absolute atomic E-state index is 0.163. The molecule has 114 valence electrons. The van der Waals surface area contributed by atoms with Crippen LogP contribution in [-0.2, 0) is 11.3 Å². The van der Waals surface area contributed by atoms with Crippen LogP contribution in [0.3, 0.4) is 0 Å². The molecule has 2 N–H and O–H groups in total. The van der Waals surface area contributed by atoms with E-state index < -0.39 is 5.91 Å². The van der Waals surface area contributed by atoms with Gasteiger partial charge in [-0.15, -0.1) is 0 Å². The topological polar surface area (TPSA) is 55.6 Å². The van der Waals surface area contributed by atoms with Gasteiger partial charge in [0.1, 0.15) is 6.10 Å². The van der Waals surface area contributed by atoms with Gasteiger partial charge in [-0.1, -0.05) is 36.4 Å². The number of carbonyl (C=O) groups is 1. The number of rotatable bonds is 2. The average Bonchev–Trinajstić information content (AvgIpc) is 2.51. The van der Waals surface area contributed by atoms with E-state index in [1.165, 1.54) is 5.56 Å². The van der Waals surface area contributed by atoms with Crippen LogP contribution in [-0.4, -0.2) is 31.0 Å². The molecule has 1 atom stereocenters. The van der Waals surface area contributed by atoms with Crippen LogP contribution < -0.4 is 5.73 Å². The van der Waals surface area contributed by atoms with Crippen LogP contribution in [0.4, 0.5) is 0 Å². The Hall–Kier alpha value is -2.17. The van der Waals surface area contributed by atoms with Gasteiger partial charge in [-0.05, 0) is 35.9 Å². The molecule has 0 radical (unpaired) electrons. The lowest BCUT2D eigenvalue weighted by Crippen LogP contribution is -2.28. The normalized spacial score (nSPS) is 19.0. The maximum absolute atomic E-state index is 11.5. The highest BCUT2D eigenvalue weighted by atomic mass is 16.5. The second-order valence-corrected chi connectivity index (χ2v) is 5.68. The molecule has 22 heavy (non-hydrogen) atoms. The fraction of sp³-hybridized carbons (Fsp3) is 0.278. The van der Waals surface area contributed by atoms with Gasteiger partial charge in [0.05, 0.1) is 6.61 Å². The highest BCUT2D eigenvalue weighted by molar-refractivity contribution is 5.93. The molecule has 2 aromatic carbocycles. The smallest absolute Gasteiger partial charge is 0.248 e. The molecule has 1 aliphatic heterocycles. The summed E-state index contributed by atoms with van der Waals surface area (Å²) >= 11 is 0. The zero-order valence-electron chi connectivity index (χ0n) is 12.7. The summed E-state index contributed by atoms with van der Waals surface area (Å²) in [6, 6.07) is 15.7. The summed E-state index contributed by atoms with van der Waals surface area (Å²) in [7, 11) is 2.07. The Kier molecular flexibility index (Phi) is 4.22. The van der Waals surface area contributed by atoms with Gasteiger partial charge in [-0.2, -0.15) is 0 Å². The van der Waals surface area contributed by atoms with Crippen molar-refractivity contribution < 1.29 is 9.53 Å². The Bertz CT molecular complexity index is 670. The van der Waals surface area contributed by atoms with Crippen molar-refractivity contribution in [3.8, 4) is 0 Å². The number of hydrogen-bond donors (Lipinski definition) is 1. The van der Waals surface area contributed by atoms with Gasteiger partial charge in [0.2, 0.25) is 5.91 Å². The summed E-state index contributed by atoms with van der Waals surface area (Å²) in [4.78, 5) is 13.7. The highest BCUT2D eigenvalue weighted by Crippen LogP contribution is 2.31. The van der Waals surface area contributed by atoms with E-state index >= 15 is 0 Å². The molecular formula is C18H20N2O2. The molecular weight excluding hydrogens is 276 g/mol. The average molecular weight is 296 g/mol. The third-order valence-corrected chi connectivity index (χ3v) is 4.01. The van der Waals surface area contributed by atoms with E-state index in [-0.39, 0.29) is 6.10 Å². The zero-order valence-corrected chi connectivity index (χ0v) is 12.7. The van der Waals surface area contributed by atoms with Crippen molar-refractivity contribution in [2.75, 3.05) is 20.2 Å². The molecule has 3 rings (SSSR count). The van der Waals surface area contributed by atoms with Crippen LogP contribution in [0.2, 0.25) is 0 Å². The summed E-state index contributed by atoms with van der Waals surface area (Å²) < 4.78 is 6.11. The van der Waals surface area contributed by atoms with Gasteiger partial charge in [0.25, 0.3) is 0 Å². The summed E-state index contributed by atoms with van der Waals surface area (Å²) in [6.45, 7) is 2.36. The number of amides is 1. The predicted octanol–water partition coefficient (Wildman–Crippen LogP) is 2.34. The molecule has 1 heterocycles. The second kappa shape index (κ2) is 6.30. The van der Waals surface area contributed by atoms with Crippen molar-refractivity contribution in [2.45, 2.75) is 12.6 Å². The molecule has 0 aliphatic carbocycles. The molecule has 0 saturated carbocycles. The van der Waals surface area contributed by atoms with E-state index in [4.69, 9.17) is 10.5 Å². The number of carbonyl (C=O) groups excluding carboxylic acids is 1. The fourth-order valence-electron chi connectivity index (χ4n) is 2.83. The standard InChI is InChI=1S/C18H20N2O2/c1-20-9-10-22-17(13-5-3-2-4-6-13)16-11-14(18(19)21)7-8-15(16)12-20/h2-8,11,17H,9-10,12H2,1H3,(H2,19,21). The van der Waals surface area contributed by atoms with Crippen LogP contribution in [0, 0.1) is 0 Å². The van der Waals surface area contributed by atoms with Gasteiger partial charge in [-0.3, -0.25) is 9.69 Å². The van der Waals surface area contributed by atoms with Crippen LogP contribution >= 0.6 is 0 Å². The lowest BCUT2D eigenvalue weighted by atomic mass is 9.93. The summed E-state index contributed by atoms with van der Waals surface area (Å²) in [5.41, 5.74) is 9.24. The molecule has 2 aromatic rings. The summed E-state index contributed by atoms with van der Waals surface area (Å²) in [5.74, 6) is -0.412. The number of nitrogens with two attached hydrogens (primary N) is 1. The van der Waals surface area contributed by atoms with Crippen molar-refractivity contribution in [2.24, 2.45) is 5.73 Å². The first-order valence-electron chi connectivity index (χ1n) is 7.43. The third-order valence-electron chi connectivity index (χ3n) is 4.01. The predicted molar refractivity (Wildman–Crippen MR) is 85.5 cm³/mol. The first kappa shape index (κ1) is 14.8. The van der Waals surface area contributed by atoms with Gasteiger partial charge in [0, 0.05) is 18.7 Å². The molecule has 0 saturated heterocycles. The van der Waals surface area contributed by atoms with Gasteiger partial charge in [0.15, 0.2) is 0 Å². The zero-order chi connectivity index (χ0) is 15.5. The number of primary amides is 1. The van der Waals surface area contributed by atoms with Gasteiger partial charge >= 0.3 is 0 Å². The SMILES string of the molecule is CN1CCOC(c2ccccc2)c2cc(C(N)=O)ccc2C1. The lowest BCUT2D eigenvalue weighted by molar-refractivity contribution is 0.0553. The molecule has 0 fully saturated rings. The van der Waals surface area contributed by atoms with E-state index in [1.807, 2.05) is 30.3 Å². The van der Waals surface area contributed by atoms with Crippen molar-refractivity contribution >= 4 is 5.91 Å². The van der Waals surface area contributed by atoms with Crippen LogP contribution in [0.5, 0.6) is 0 Å². The van der Waals surface area contributed by atoms with Gasteiger partial charge in [-0.25, -0.2) is 0 Å². The first-order valence-corrected chi connectivity index (χ1v) is 7.43. The largest absolute Gasteiger partial charge is 0.367 e. The molecule has 0 aromatic heterocycles. The lowest BCUT2D eigenvalue weighted by Gasteiger charge is -2.28. The Morgan fingerprint density at radius 2 is 2.00 bits per heavy atom. The quantitative estimate of drug-likeness (QED) is 0.925. The van der Waals surface area contributed by atoms with E-state index in [9.17, 15) is 4.79 Å². The maximum atomic E-state index is 11.5. The number of likely N-dealkylation sites (N-methyl/N-ethyl adjacent to an activating group) is 1. The first-order chi connectivity index (χ1) is 10.6. The molecule has 1 unspecified atom stereocenters. The van der Waals surface area contributed by atoms with Crippen molar-refractivity contribution in [1.82, 2.24) is 4.90 Å². The maximum Gasteiger partial charge on any atom is 0.248 e. The number of benzene rings is 2. The Balaban J connectivity index is 2.10. The Morgan fingerprint density at radius 3 is 2.73 bits per heavy atom. The molecule has 1 aliphatic rings. The number of nitrogens with zero attached hydrogens (tertiary/aromatic N) is 1. The molecule has 0 spiro atoms. The summed E-state index contributed by atoms with van der Waals surface area (Å²) in [5, 5.41) is 0. The van der Waals surface area contributed by atoms with Crippen LogP contribution in [0.1, 0.15) is 33.2 Å². The van der Waals surface area contributed by atoms with E-state index in [0.29, 0.717) is 12.2 Å². The Labute approximate surface area is 130 Å². The van der Waals surface area contributed by atoms with E-state index in [2.05, 4.69) is 24.1 Å². The van der Waals surface area contributed by atoms with Crippen LogP contribution in [0.25, 0.3) is 0 Å². The van der Waals surface area contributed by atoms with Crippen molar-refractivity contribution in [3.05, 3.63) is 70.8 Å². The monoisotopic (exact) mass is 296 g/mol. The van der Waals surface area contributed by atoms with E-state index in [1.54, 1.807) is 6.07 Å². The van der Waals surface area contributed by atoms with Gasteiger partial charge < -0.3 is 10.5 Å². The van der Waals surface area contributed by atoms with Crippen LogP contribution in [0.15, 0.2) is 48.5 Å². The number of fused-ring (bicyclic) bond motifs is 1. The number of ether oxygens (including phenoxy) is 1. The fourth-order valence-corrected chi connectivity index (χ4v) is 2.83. The molecule has 1 amide bonds. The summed E-state index contributed by atoms with van der Waals surface area (Å²) in [6.07, 6.45) is -0.163. The Morgan fingerprint density at radius 1 is 1.23 bits per heavy atom. The minimum atomic E-state index is -0.412.